The van der Waals surface area contributed by atoms with E-state index in [0.717, 1.165) is 25.9 Å². The predicted octanol–water partition coefficient (Wildman–Crippen LogP) is 0.399. The fraction of sp³-hybridized carbons (Fsp3) is 0.875. The third-order valence-electron chi connectivity index (χ3n) is 2.85. The molecule has 2 N–H and O–H groups in total. The summed E-state index contributed by atoms with van der Waals surface area (Å²) in [7, 11) is 0. The van der Waals surface area contributed by atoms with Crippen LogP contribution in [0, 0.1) is 0 Å². The summed E-state index contributed by atoms with van der Waals surface area (Å²) in [6, 6.07) is 0.779. The lowest BCUT2D eigenvalue weighted by molar-refractivity contribution is 0.0515. The molecule has 4 nitrogen and oxygen atoms in total. The molecule has 1 aliphatic carbocycles. The fourth-order valence-corrected chi connectivity index (χ4v) is 2.38. The molecule has 2 rings (SSSR count). The molecule has 0 unspecified atom stereocenters. The smallest absolute Gasteiger partial charge is 0.404 e. The second kappa shape index (κ2) is 3.38. The zero-order chi connectivity index (χ0) is 9.42. The van der Waals surface area contributed by atoms with Crippen molar-refractivity contribution in [2.24, 2.45) is 0 Å². The number of likely N-dealkylation sites (tertiary alicyclic amines) is 1. The van der Waals surface area contributed by atoms with Gasteiger partial charge < -0.3 is 10.4 Å². The zero-order valence-electron chi connectivity index (χ0n) is 7.31. The average molecular weight is 202 g/mol. The SMILES string of the molecule is O=C(O)NC1CC(N2CC(S)C2)C1. The van der Waals surface area contributed by atoms with Crippen LogP contribution in [0.5, 0.6) is 0 Å². The van der Waals surface area contributed by atoms with Gasteiger partial charge in [-0.05, 0) is 12.8 Å². The molecule has 0 bridgehead atoms. The highest BCUT2D eigenvalue weighted by Gasteiger charge is 2.39. The summed E-state index contributed by atoms with van der Waals surface area (Å²) in [5.74, 6) is 0. The molecule has 0 aromatic heterocycles. The van der Waals surface area contributed by atoms with Gasteiger partial charge in [-0.25, -0.2) is 4.79 Å². The lowest BCUT2D eigenvalue weighted by Crippen LogP contribution is -2.61. The highest BCUT2D eigenvalue weighted by atomic mass is 32.1. The minimum atomic E-state index is -0.904. The molecule has 2 fully saturated rings. The van der Waals surface area contributed by atoms with E-state index < -0.39 is 6.09 Å². The van der Waals surface area contributed by atoms with Gasteiger partial charge in [0.2, 0.25) is 0 Å². The number of rotatable bonds is 2. The Morgan fingerprint density at radius 2 is 2.08 bits per heavy atom. The number of carboxylic acid groups (broad SMARTS) is 1. The monoisotopic (exact) mass is 202 g/mol. The zero-order valence-corrected chi connectivity index (χ0v) is 8.20. The largest absolute Gasteiger partial charge is 0.465 e. The highest BCUT2D eigenvalue weighted by molar-refractivity contribution is 7.81. The van der Waals surface area contributed by atoms with Crippen molar-refractivity contribution in [2.75, 3.05) is 13.1 Å². The Bertz CT molecular complexity index is 212. The van der Waals surface area contributed by atoms with E-state index in [1.165, 1.54) is 0 Å². The molecule has 0 spiro atoms. The Morgan fingerprint density at radius 3 is 2.54 bits per heavy atom. The minimum Gasteiger partial charge on any atom is -0.465 e. The second-order valence-electron chi connectivity index (χ2n) is 3.88. The summed E-state index contributed by atoms with van der Waals surface area (Å²) in [6.07, 6.45) is 1.03. The maximum absolute atomic E-state index is 10.3. The molecule has 1 saturated carbocycles. The number of amides is 1. The Morgan fingerprint density at radius 1 is 1.46 bits per heavy atom. The molecule has 1 saturated heterocycles. The summed E-state index contributed by atoms with van der Waals surface area (Å²) < 4.78 is 0. The van der Waals surface area contributed by atoms with Gasteiger partial charge in [-0.15, -0.1) is 0 Å². The van der Waals surface area contributed by atoms with Crippen molar-refractivity contribution in [2.45, 2.75) is 30.2 Å². The molecule has 5 heteroatoms. The minimum absolute atomic E-state index is 0.182. The average Bonchev–Trinajstić information content (AvgIpc) is 1.90. The Labute approximate surface area is 82.7 Å². The molecule has 0 atom stereocenters. The van der Waals surface area contributed by atoms with E-state index >= 15 is 0 Å². The Balaban J connectivity index is 1.64. The first-order valence-corrected chi connectivity index (χ1v) is 5.08. The molecule has 0 radical (unpaired) electrons. The van der Waals surface area contributed by atoms with Crippen molar-refractivity contribution in [3.8, 4) is 0 Å². The van der Waals surface area contributed by atoms with E-state index in [0.29, 0.717) is 11.3 Å². The number of carbonyl (C=O) groups is 1. The van der Waals surface area contributed by atoms with E-state index in [-0.39, 0.29) is 6.04 Å². The normalized spacial score (nSPS) is 34.8. The van der Waals surface area contributed by atoms with Crippen LogP contribution in [0.2, 0.25) is 0 Å². The summed E-state index contributed by atoms with van der Waals surface area (Å²) >= 11 is 4.33. The molecule has 2 aliphatic rings. The van der Waals surface area contributed by atoms with Crippen molar-refractivity contribution in [1.29, 1.82) is 0 Å². The number of nitrogens with one attached hydrogen (secondary N) is 1. The van der Waals surface area contributed by atoms with Crippen molar-refractivity contribution < 1.29 is 9.90 Å². The van der Waals surface area contributed by atoms with Crippen molar-refractivity contribution in [3.05, 3.63) is 0 Å². The summed E-state index contributed by atoms with van der Waals surface area (Å²) in [5.41, 5.74) is 0. The quantitative estimate of drug-likeness (QED) is 0.568. The molecule has 74 valence electrons. The van der Waals surface area contributed by atoms with Gasteiger partial charge in [0.25, 0.3) is 0 Å². The van der Waals surface area contributed by atoms with Crippen LogP contribution in [0.3, 0.4) is 0 Å². The lowest BCUT2D eigenvalue weighted by Gasteiger charge is -2.49. The van der Waals surface area contributed by atoms with Crippen molar-refractivity contribution in [3.63, 3.8) is 0 Å². The number of hydrogen-bond acceptors (Lipinski definition) is 3. The van der Waals surface area contributed by atoms with Crippen molar-refractivity contribution >= 4 is 18.7 Å². The summed E-state index contributed by atoms with van der Waals surface area (Å²) in [4.78, 5) is 12.7. The highest BCUT2D eigenvalue weighted by Crippen LogP contribution is 2.30. The Kier molecular flexibility index (Phi) is 2.38. The van der Waals surface area contributed by atoms with E-state index in [4.69, 9.17) is 5.11 Å². The maximum Gasteiger partial charge on any atom is 0.404 e. The van der Waals surface area contributed by atoms with E-state index in [9.17, 15) is 4.79 Å². The van der Waals surface area contributed by atoms with Gasteiger partial charge in [0, 0.05) is 30.4 Å². The van der Waals surface area contributed by atoms with Gasteiger partial charge in [-0.2, -0.15) is 12.6 Å². The van der Waals surface area contributed by atoms with Gasteiger partial charge in [0.1, 0.15) is 0 Å². The van der Waals surface area contributed by atoms with Crippen LogP contribution < -0.4 is 5.32 Å². The van der Waals surface area contributed by atoms with Crippen LogP contribution in [-0.4, -0.2) is 46.5 Å². The number of nitrogens with zero attached hydrogens (tertiary/aromatic N) is 1. The molecule has 1 amide bonds. The molecular formula is C8H14N2O2S. The maximum atomic E-state index is 10.3. The van der Waals surface area contributed by atoms with E-state index in [1.54, 1.807) is 0 Å². The van der Waals surface area contributed by atoms with Gasteiger partial charge in [0.15, 0.2) is 0 Å². The van der Waals surface area contributed by atoms with Crippen molar-refractivity contribution in [1.82, 2.24) is 10.2 Å². The Hall–Kier alpha value is -0.420. The van der Waals surface area contributed by atoms with Gasteiger partial charge in [-0.3, -0.25) is 4.90 Å². The first-order chi connectivity index (χ1) is 6.15. The van der Waals surface area contributed by atoms with Crippen LogP contribution in [-0.2, 0) is 0 Å². The molecule has 0 aromatic carbocycles. The van der Waals surface area contributed by atoms with E-state index in [1.807, 2.05) is 0 Å². The molecule has 1 heterocycles. The van der Waals surface area contributed by atoms with Gasteiger partial charge in [-0.1, -0.05) is 0 Å². The van der Waals surface area contributed by atoms with E-state index in [2.05, 4.69) is 22.8 Å². The van der Waals surface area contributed by atoms with Crippen LogP contribution in [0.15, 0.2) is 0 Å². The predicted molar refractivity (Wildman–Crippen MR) is 52.3 cm³/mol. The summed E-state index contributed by atoms with van der Waals surface area (Å²) in [6.45, 7) is 2.13. The molecular weight excluding hydrogens is 188 g/mol. The topological polar surface area (TPSA) is 52.6 Å². The van der Waals surface area contributed by atoms with Crippen LogP contribution in [0.4, 0.5) is 4.79 Å². The number of hydrogen-bond donors (Lipinski definition) is 3. The molecule has 1 aliphatic heterocycles. The standard InChI is InChI=1S/C8H14N2O2S/c11-8(12)9-5-1-6(2-5)10-3-7(13)4-10/h5-7,9,13H,1-4H2,(H,11,12). The third-order valence-corrected chi connectivity index (χ3v) is 3.17. The van der Waals surface area contributed by atoms with Crippen LogP contribution in [0.25, 0.3) is 0 Å². The van der Waals surface area contributed by atoms with Crippen LogP contribution >= 0.6 is 12.6 Å². The lowest BCUT2D eigenvalue weighted by atomic mass is 9.84. The van der Waals surface area contributed by atoms with Crippen LogP contribution in [0.1, 0.15) is 12.8 Å². The fourth-order valence-electron chi connectivity index (χ4n) is 1.96. The second-order valence-corrected chi connectivity index (χ2v) is 4.61. The summed E-state index contributed by atoms with van der Waals surface area (Å²) in [5, 5.41) is 11.5. The van der Waals surface area contributed by atoms with Gasteiger partial charge in [0.05, 0.1) is 0 Å². The van der Waals surface area contributed by atoms with Gasteiger partial charge >= 0.3 is 6.09 Å². The molecule has 13 heavy (non-hydrogen) atoms. The third kappa shape index (κ3) is 1.91. The first kappa shape index (κ1) is 9.15. The first-order valence-electron chi connectivity index (χ1n) is 4.56. The molecule has 0 aromatic rings. The number of thiol groups is 1.